The molecule has 0 unspecified atom stereocenters. The van der Waals surface area contributed by atoms with Crippen molar-refractivity contribution in [3.63, 3.8) is 0 Å². The van der Waals surface area contributed by atoms with Crippen molar-refractivity contribution < 1.29 is 13.7 Å². The Hall–Kier alpha value is -3.36. The van der Waals surface area contributed by atoms with Crippen LogP contribution >= 0.6 is 0 Å². The smallest absolute Gasteiger partial charge is 0.276 e. The van der Waals surface area contributed by atoms with E-state index in [1.54, 1.807) is 17.0 Å². The van der Waals surface area contributed by atoms with E-state index in [9.17, 15) is 9.18 Å². The fourth-order valence-electron chi connectivity index (χ4n) is 3.35. The molecule has 2 aromatic heterocycles. The molecule has 0 saturated carbocycles. The summed E-state index contributed by atoms with van der Waals surface area (Å²) >= 11 is 0. The number of nitrogen functional groups attached to an aromatic ring is 1. The van der Waals surface area contributed by atoms with Crippen LogP contribution in [0.2, 0.25) is 0 Å². The fourth-order valence-corrected chi connectivity index (χ4v) is 3.35. The molecule has 3 heterocycles. The second kappa shape index (κ2) is 7.71. The van der Waals surface area contributed by atoms with E-state index in [2.05, 4.69) is 20.1 Å². The molecular formula is C19H19FN6O2. The molecule has 0 bridgehead atoms. The Kier molecular flexibility index (Phi) is 4.96. The summed E-state index contributed by atoms with van der Waals surface area (Å²) in [6.07, 6.45) is 6.39. The van der Waals surface area contributed by atoms with E-state index in [-0.39, 0.29) is 35.2 Å². The summed E-state index contributed by atoms with van der Waals surface area (Å²) in [6, 6.07) is 5.45. The van der Waals surface area contributed by atoms with Gasteiger partial charge in [-0.3, -0.25) is 4.79 Å². The highest BCUT2D eigenvalue weighted by atomic mass is 19.1. The van der Waals surface area contributed by atoms with Crippen LogP contribution in [0.3, 0.4) is 0 Å². The third kappa shape index (κ3) is 3.55. The van der Waals surface area contributed by atoms with Crippen molar-refractivity contribution in [3.8, 4) is 11.5 Å². The molecule has 4 rings (SSSR count). The predicted molar refractivity (Wildman–Crippen MR) is 98.4 cm³/mol. The van der Waals surface area contributed by atoms with Gasteiger partial charge in [-0.15, -0.1) is 0 Å². The average Bonchev–Trinajstić information content (AvgIpc) is 3.06. The number of aromatic nitrogens is 4. The van der Waals surface area contributed by atoms with Crippen LogP contribution in [0.4, 0.5) is 10.2 Å². The number of hydrogen-bond donors (Lipinski definition) is 1. The molecule has 1 aliphatic heterocycles. The van der Waals surface area contributed by atoms with Crippen LogP contribution < -0.4 is 5.73 Å². The number of likely N-dealkylation sites (tertiary alicyclic amines) is 1. The predicted octanol–water partition coefficient (Wildman–Crippen LogP) is 3.01. The van der Waals surface area contributed by atoms with Crippen molar-refractivity contribution in [1.82, 2.24) is 25.0 Å². The molecule has 0 spiro atoms. The first-order valence-corrected chi connectivity index (χ1v) is 9.10. The average molecular weight is 382 g/mol. The maximum Gasteiger partial charge on any atom is 0.276 e. The molecule has 28 heavy (non-hydrogen) atoms. The van der Waals surface area contributed by atoms with E-state index in [0.717, 1.165) is 19.3 Å². The van der Waals surface area contributed by atoms with Gasteiger partial charge in [-0.05, 0) is 37.1 Å². The van der Waals surface area contributed by atoms with E-state index in [0.29, 0.717) is 24.4 Å². The molecule has 9 heteroatoms. The second-order valence-corrected chi connectivity index (χ2v) is 6.62. The minimum Gasteiger partial charge on any atom is -0.382 e. The second-order valence-electron chi connectivity index (χ2n) is 6.62. The van der Waals surface area contributed by atoms with E-state index >= 15 is 0 Å². The van der Waals surface area contributed by atoms with Crippen LogP contribution in [-0.4, -0.2) is 37.5 Å². The van der Waals surface area contributed by atoms with Crippen molar-refractivity contribution in [2.45, 2.75) is 31.7 Å². The minimum atomic E-state index is -0.352. The zero-order valence-electron chi connectivity index (χ0n) is 15.1. The summed E-state index contributed by atoms with van der Waals surface area (Å²) in [5.74, 6) is 0.148. The summed E-state index contributed by atoms with van der Waals surface area (Å²) in [4.78, 5) is 27.3. The highest BCUT2D eigenvalue weighted by Crippen LogP contribution is 2.31. The summed E-state index contributed by atoms with van der Waals surface area (Å²) in [5, 5.41) is 4.09. The molecule has 144 valence electrons. The molecule has 8 nitrogen and oxygen atoms in total. The number of carbonyl (C=O) groups is 1. The van der Waals surface area contributed by atoms with Gasteiger partial charge in [0.15, 0.2) is 17.3 Å². The number of nitrogens with two attached hydrogens (primary N) is 1. The first kappa shape index (κ1) is 18.0. The Morgan fingerprint density at radius 3 is 2.71 bits per heavy atom. The molecule has 0 aliphatic carbocycles. The summed E-state index contributed by atoms with van der Waals surface area (Å²) in [7, 11) is 0. The minimum absolute atomic E-state index is 0.0932. The fraction of sp³-hybridized carbons (Fsp3) is 0.316. The molecule has 1 fully saturated rings. The third-order valence-electron chi connectivity index (χ3n) is 4.77. The molecule has 1 aliphatic rings. The van der Waals surface area contributed by atoms with Gasteiger partial charge >= 0.3 is 0 Å². The lowest BCUT2D eigenvalue weighted by molar-refractivity contribution is 0.0665. The molecule has 1 amide bonds. The van der Waals surface area contributed by atoms with Gasteiger partial charge in [0, 0.05) is 24.5 Å². The van der Waals surface area contributed by atoms with Gasteiger partial charge in [0.25, 0.3) is 11.8 Å². The lowest BCUT2D eigenvalue weighted by Gasteiger charge is -2.27. The molecule has 2 N–H and O–H groups in total. The first-order valence-electron chi connectivity index (χ1n) is 9.10. The van der Waals surface area contributed by atoms with Gasteiger partial charge in [0.05, 0.1) is 6.04 Å². The number of rotatable bonds is 3. The number of anilines is 1. The summed E-state index contributed by atoms with van der Waals surface area (Å²) < 4.78 is 18.5. The van der Waals surface area contributed by atoms with E-state index in [1.165, 1.54) is 24.5 Å². The Morgan fingerprint density at radius 1 is 1.14 bits per heavy atom. The Labute approximate surface area is 160 Å². The van der Waals surface area contributed by atoms with Gasteiger partial charge in [-0.1, -0.05) is 18.0 Å². The molecular weight excluding hydrogens is 363 g/mol. The molecule has 1 saturated heterocycles. The Morgan fingerprint density at radius 2 is 1.93 bits per heavy atom. The van der Waals surface area contributed by atoms with Crippen molar-refractivity contribution in [2.75, 3.05) is 12.3 Å². The lowest BCUT2D eigenvalue weighted by atomic mass is 10.1. The third-order valence-corrected chi connectivity index (χ3v) is 4.77. The molecule has 1 atom stereocenters. The standard InChI is InChI=1S/C19H19FN6O2/c20-13-7-5-12(6-8-13)18-24-17(25-28-18)14-4-2-1-3-11-26(14)19(27)15-16(21)23-10-9-22-15/h5-10,14H,1-4,11H2,(H2,21,23)/t14-/m1/s1. The van der Waals surface area contributed by atoms with Gasteiger partial charge < -0.3 is 15.2 Å². The topological polar surface area (TPSA) is 111 Å². The van der Waals surface area contributed by atoms with Gasteiger partial charge in [-0.2, -0.15) is 4.98 Å². The first-order chi connectivity index (χ1) is 13.6. The van der Waals surface area contributed by atoms with Gasteiger partial charge in [0.1, 0.15) is 5.82 Å². The number of amides is 1. The largest absolute Gasteiger partial charge is 0.382 e. The Balaban J connectivity index is 1.65. The van der Waals surface area contributed by atoms with Crippen molar-refractivity contribution in [2.24, 2.45) is 0 Å². The Bertz CT molecular complexity index is 975. The van der Waals surface area contributed by atoms with Crippen LogP contribution in [0.25, 0.3) is 11.5 Å². The van der Waals surface area contributed by atoms with Crippen LogP contribution in [0, 0.1) is 5.82 Å². The summed E-state index contributed by atoms with van der Waals surface area (Å²) in [5.41, 5.74) is 6.58. The lowest BCUT2D eigenvalue weighted by Crippen LogP contribution is -2.36. The molecule has 1 aromatic carbocycles. The van der Waals surface area contributed by atoms with E-state index < -0.39 is 0 Å². The van der Waals surface area contributed by atoms with Gasteiger partial charge in [0.2, 0.25) is 0 Å². The van der Waals surface area contributed by atoms with E-state index in [1.807, 2.05) is 0 Å². The van der Waals surface area contributed by atoms with Crippen LogP contribution in [-0.2, 0) is 0 Å². The van der Waals surface area contributed by atoms with Crippen LogP contribution in [0.15, 0.2) is 41.2 Å². The number of hydrogen-bond acceptors (Lipinski definition) is 7. The van der Waals surface area contributed by atoms with Crippen LogP contribution in [0.1, 0.15) is 48.0 Å². The zero-order chi connectivity index (χ0) is 19.5. The number of nitrogens with zero attached hydrogens (tertiary/aromatic N) is 5. The van der Waals surface area contributed by atoms with E-state index in [4.69, 9.17) is 10.3 Å². The normalized spacial score (nSPS) is 17.3. The highest BCUT2D eigenvalue weighted by Gasteiger charge is 2.32. The SMILES string of the molecule is Nc1nccnc1C(=O)N1CCCCC[C@@H]1c1noc(-c2ccc(F)cc2)n1. The highest BCUT2D eigenvalue weighted by molar-refractivity contribution is 5.96. The van der Waals surface area contributed by atoms with Crippen molar-refractivity contribution >= 4 is 11.7 Å². The quantitative estimate of drug-likeness (QED) is 0.741. The number of benzene rings is 1. The van der Waals surface area contributed by atoms with Crippen LogP contribution in [0.5, 0.6) is 0 Å². The number of carbonyl (C=O) groups excluding carboxylic acids is 1. The monoisotopic (exact) mass is 382 g/mol. The summed E-state index contributed by atoms with van der Waals surface area (Å²) in [6.45, 7) is 0.542. The van der Waals surface area contributed by atoms with Crippen molar-refractivity contribution in [1.29, 1.82) is 0 Å². The van der Waals surface area contributed by atoms with Crippen molar-refractivity contribution in [3.05, 3.63) is 54.0 Å². The zero-order valence-corrected chi connectivity index (χ0v) is 15.1. The maximum absolute atomic E-state index is 13.1. The number of halogens is 1. The molecule has 3 aromatic rings. The molecule has 0 radical (unpaired) electrons. The van der Waals surface area contributed by atoms with Gasteiger partial charge in [-0.25, -0.2) is 14.4 Å². The maximum atomic E-state index is 13.1.